The monoisotopic (exact) mass is 272 g/mol. The molecule has 0 unspecified atom stereocenters. The molecule has 0 saturated carbocycles. The summed E-state index contributed by atoms with van der Waals surface area (Å²) in [6.07, 6.45) is 3.60. The van der Waals surface area contributed by atoms with Gasteiger partial charge in [-0.1, -0.05) is 17.7 Å². The molecular formula is C17H24N2O. The molecule has 2 aliphatic heterocycles. The van der Waals surface area contributed by atoms with Gasteiger partial charge < -0.3 is 10.2 Å². The highest BCUT2D eigenvalue weighted by molar-refractivity contribution is 5.96. The lowest BCUT2D eigenvalue weighted by molar-refractivity contribution is 0.0761. The van der Waals surface area contributed by atoms with Crippen molar-refractivity contribution in [1.29, 1.82) is 0 Å². The maximum atomic E-state index is 12.8. The third-order valence-electron chi connectivity index (χ3n) is 5.01. The lowest BCUT2D eigenvalue weighted by atomic mass is 9.78. The molecule has 20 heavy (non-hydrogen) atoms. The van der Waals surface area contributed by atoms with Crippen molar-refractivity contribution in [2.45, 2.75) is 33.1 Å². The van der Waals surface area contributed by atoms with Crippen LogP contribution in [-0.4, -0.2) is 37.0 Å². The third kappa shape index (κ3) is 2.47. The molecule has 3 nitrogen and oxygen atoms in total. The molecule has 108 valence electrons. The zero-order valence-corrected chi connectivity index (χ0v) is 12.5. The van der Waals surface area contributed by atoms with Gasteiger partial charge in [-0.2, -0.15) is 0 Å². The summed E-state index contributed by atoms with van der Waals surface area (Å²) in [6, 6.07) is 6.16. The molecule has 2 heterocycles. The topological polar surface area (TPSA) is 32.3 Å². The molecule has 0 bridgehead atoms. The first-order valence-electron chi connectivity index (χ1n) is 7.67. The highest BCUT2D eigenvalue weighted by Crippen LogP contribution is 2.39. The van der Waals surface area contributed by atoms with Gasteiger partial charge in [0, 0.05) is 18.7 Å². The van der Waals surface area contributed by atoms with Crippen molar-refractivity contribution in [1.82, 2.24) is 10.2 Å². The van der Waals surface area contributed by atoms with E-state index in [2.05, 4.69) is 29.3 Å². The number of piperidine rings is 1. The van der Waals surface area contributed by atoms with Crippen molar-refractivity contribution < 1.29 is 4.79 Å². The van der Waals surface area contributed by atoms with Crippen LogP contribution in [0, 0.1) is 19.3 Å². The van der Waals surface area contributed by atoms with E-state index in [0.29, 0.717) is 5.41 Å². The number of nitrogens with one attached hydrogen (secondary N) is 1. The number of rotatable bonds is 1. The fraction of sp³-hybridized carbons (Fsp3) is 0.588. The molecule has 3 rings (SSSR count). The predicted octanol–water partition coefficient (Wildman–Crippen LogP) is 2.52. The summed E-state index contributed by atoms with van der Waals surface area (Å²) in [7, 11) is 0. The lowest BCUT2D eigenvalue weighted by Gasteiger charge is -2.33. The van der Waals surface area contributed by atoms with Crippen molar-refractivity contribution in [2.75, 3.05) is 26.2 Å². The van der Waals surface area contributed by atoms with Gasteiger partial charge in [0.1, 0.15) is 0 Å². The summed E-state index contributed by atoms with van der Waals surface area (Å²) in [5.41, 5.74) is 3.52. The van der Waals surface area contributed by atoms with Crippen LogP contribution >= 0.6 is 0 Å². The first-order valence-corrected chi connectivity index (χ1v) is 7.67. The van der Waals surface area contributed by atoms with Crippen LogP contribution in [0.25, 0.3) is 0 Å². The minimum atomic E-state index is 0.224. The molecule has 2 saturated heterocycles. The van der Waals surface area contributed by atoms with Gasteiger partial charge in [-0.15, -0.1) is 0 Å². The Morgan fingerprint density at radius 2 is 1.95 bits per heavy atom. The van der Waals surface area contributed by atoms with E-state index >= 15 is 0 Å². The van der Waals surface area contributed by atoms with E-state index < -0.39 is 0 Å². The molecule has 3 heteroatoms. The predicted molar refractivity (Wildman–Crippen MR) is 81.0 cm³/mol. The fourth-order valence-corrected chi connectivity index (χ4v) is 3.61. The van der Waals surface area contributed by atoms with Crippen LogP contribution in [0.2, 0.25) is 0 Å². The van der Waals surface area contributed by atoms with E-state index in [1.807, 2.05) is 13.0 Å². The SMILES string of the molecule is Cc1ccc(C)c(C(=O)N2CCC3(CCNCC3)C2)c1. The molecule has 2 aliphatic rings. The van der Waals surface area contributed by atoms with Crippen LogP contribution in [-0.2, 0) is 0 Å². The maximum absolute atomic E-state index is 12.8. The Kier molecular flexibility index (Phi) is 3.55. The van der Waals surface area contributed by atoms with Gasteiger partial charge in [-0.25, -0.2) is 0 Å². The zero-order valence-electron chi connectivity index (χ0n) is 12.5. The molecule has 1 amide bonds. The molecule has 0 aromatic heterocycles. The number of hydrogen-bond acceptors (Lipinski definition) is 2. The summed E-state index contributed by atoms with van der Waals surface area (Å²) in [5.74, 6) is 0.224. The number of amides is 1. The molecule has 1 N–H and O–H groups in total. The first-order chi connectivity index (χ1) is 9.60. The number of hydrogen-bond donors (Lipinski definition) is 1. The second-order valence-electron chi connectivity index (χ2n) is 6.55. The Labute approximate surface area is 121 Å². The Balaban J connectivity index is 1.77. The number of nitrogens with zero attached hydrogens (tertiary/aromatic N) is 1. The highest BCUT2D eigenvalue weighted by atomic mass is 16.2. The maximum Gasteiger partial charge on any atom is 0.254 e. The van der Waals surface area contributed by atoms with Crippen LogP contribution in [0.5, 0.6) is 0 Å². The first kappa shape index (κ1) is 13.6. The quantitative estimate of drug-likeness (QED) is 0.852. The van der Waals surface area contributed by atoms with Gasteiger partial charge in [0.25, 0.3) is 5.91 Å². The summed E-state index contributed by atoms with van der Waals surface area (Å²) < 4.78 is 0. The van der Waals surface area contributed by atoms with E-state index in [-0.39, 0.29) is 5.91 Å². The van der Waals surface area contributed by atoms with Crippen molar-refractivity contribution in [3.8, 4) is 0 Å². The van der Waals surface area contributed by atoms with Gasteiger partial charge in [-0.05, 0) is 63.2 Å². The summed E-state index contributed by atoms with van der Waals surface area (Å²) in [4.78, 5) is 14.8. The van der Waals surface area contributed by atoms with Crippen LogP contribution < -0.4 is 5.32 Å². The largest absolute Gasteiger partial charge is 0.338 e. The summed E-state index contributed by atoms with van der Waals surface area (Å²) >= 11 is 0. The van der Waals surface area contributed by atoms with E-state index in [4.69, 9.17) is 0 Å². The van der Waals surface area contributed by atoms with Crippen molar-refractivity contribution in [3.05, 3.63) is 34.9 Å². The Morgan fingerprint density at radius 3 is 2.70 bits per heavy atom. The molecule has 0 aliphatic carbocycles. The molecular weight excluding hydrogens is 248 g/mol. The van der Waals surface area contributed by atoms with E-state index in [0.717, 1.165) is 42.9 Å². The normalized spacial score (nSPS) is 21.4. The number of carbonyl (C=O) groups is 1. The summed E-state index contributed by atoms with van der Waals surface area (Å²) in [6.45, 7) is 8.15. The average molecular weight is 272 g/mol. The van der Waals surface area contributed by atoms with Crippen LogP contribution in [0.4, 0.5) is 0 Å². The van der Waals surface area contributed by atoms with Gasteiger partial charge in [0.05, 0.1) is 0 Å². The smallest absolute Gasteiger partial charge is 0.254 e. The van der Waals surface area contributed by atoms with Crippen molar-refractivity contribution in [3.63, 3.8) is 0 Å². The van der Waals surface area contributed by atoms with Gasteiger partial charge in [0.2, 0.25) is 0 Å². The summed E-state index contributed by atoms with van der Waals surface area (Å²) in [5, 5.41) is 3.42. The Bertz CT molecular complexity index is 518. The van der Waals surface area contributed by atoms with Crippen LogP contribution in [0.3, 0.4) is 0 Å². The lowest BCUT2D eigenvalue weighted by Crippen LogP contribution is -2.39. The van der Waals surface area contributed by atoms with Gasteiger partial charge in [0.15, 0.2) is 0 Å². The molecule has 2 fully saturated rings. The third-order valence-corrected chi connectivity index (χ3v) is 5.01. The minimum absolute atomic E-state index is 0.224. The second kappa shape index (κ2) is 5.21. The molecule has 0 atom stereocenters. The average Bonchev–Trinajstić information content (AvgIpc) is 2.85. The van der Waals surface area contributed by atoms with E-state index in [1.165, 1.54) is 19.3 Å². The second-order valence-corrected chi connectivity index (χ2v) is 6.55. The Hall–Kier alpha value is -1.35. The highest BCUT2D eigenvalue weighted by Gasteiger charge is 2.40. The van der Waals surface area contributed by atoms with Crippen molar-refractivity contribution >= 4 is 5.91 Å². The van der Waals surface area contributed by atoms with Crippen LogP contribution in [0.1, 0.15) is 40.7 Å². The number of benzene rings is 1. The molecule has 1 aromatic rings. The van der Waals surface area contributed by atoms with Crippen LogP contribution in [0.15, 0.2) is 18.2 Å². The van der Waals surface area contributed by atoms with Gasteiger partial charge >= 0.3 is 0 Å². The molecule has 0 radical (unpaired) electrons. The Morgan fingerprint density at radius 1 is 1.20 bits per heavy atom. The molecule has 1 spiro atoms. The van der Waals surface area contributed by atoms with Gasteiger partial charge in [-0.3, -0.25) is 4.79 Å². The van der Waals surface area contributed by atoms with Crippen molar-refractivity contribution in [2.24, 2.45) is 5.41 Å². The van der Waals surface area contributed by atoms with E-state index in [9.17, 15) is 4.79 Å². The van der Waals surface area contributed by atoms with E-state index in [1.54, 1.807) is 0 Å². The molecule has 1 aromatic carbocycles. The zero-order chi connectivity index (χ0) is 14.2. The number of carbonyl (C=O) groups excluding carboxylic acids is 1. The standard InChI is InChI=1S/C17H24N2O/c1-13-3-4-14(2)15(11-13)16(20)19-10-7-17(12-19)5-8-18-9-6-17/h3-4,11,18H,5-10,12H2,1-2H3. The minimum Gasteiger partial charge on any atom is -0.338 e. The fourth-order valence-electron chi connectivity index (χ4n) is 3.61. The number of likely N-dealkylation sites (tertiary alicyclic amines) is 1. The number of aryl methyl sites for hydroxylation is 2.